The van der Waals surface area contributed by atoms with E-state index in [2.05, 4.69) is 15.7 Å². The summed E-state index contributed by atoms with van der Waals surface area (Å²) in [5.74, 6) is -0.287. The number of amides is 2. The minimum absolute atomic E-state index is 0.0489. The highest BCUT2D eigenvalue weighted by atomic mass is 31.2. The molecule has 0 aromatic heterocycles. The summed E-state index contributed by atoms with van der Waals surface area (Å²) in [6.45, 7) is 4.38. The number of ether oxygens (including phenoxy) is 1. The molecule has 1 aromatic rings. The van der Waals surface area contributed by atoms with Crippen LogP contribution >= 0.6 is 7.52 Å². The fourth-order valence-electron chi connectivity index (χ4n) is 2.24. The van der Waals surface area contributed by atoms with Crippen LogP contribution in [-0.2, 0) is 20.7 Å². The van der Waals surface area contributed by atoms with E-state index < -0.39 is 31.8 Å². The van der Waals surface area contributed by atoms with Gasteiger partial charge in [-0.2, -0.15) is 0 Å². The third-order valence-electron chi connectivity index (χ3n) is 3.48. The van der Waals surface area contributed by atoms with Crippen molar-refractivity contribution in [1.82, 2.24) is 15.7 Å². The van der Waals surface area contributed by atoms with E-state index in [0.29, 0.717) is 6.42 Å². The number of benzene rings is 1. The molecule has 0 spiro atoms. The third-order valence-corrected chi connectivity index (χ3v) is 4.78. The Balaban J connectivity index is 2.51. The first kappa shape index (κ1) is 23.1. The normalized spacial score (nSPS) is 14.3. The number of carbonyl (C=O) groups excluding carboxylic acids is 2. The molecule has 0 heterocycles. The first-order chi connectivity index (χ1) is 12.7. The zero-order valence-corrected chi connectivity index (χ0v) is 16.6. The summed E-state index contributed by atoms with van der Waals surface area (Å²) in [6.07, 6.45) is -1.01. The molecular formula is C17H29N4O5P. The summed E-state index contributed by atoms with van der Waals surface area (Å²) < 4.78 is 17.3. The lowest BCUT2D eigenvalue weighted by Gasteiger charge is -2.23. The third kappa shape index (κ3) is 10.1. The number of nitrogens with two attached hydrogens (primary N) is 1. The zero-order chi connectivity index (χ0) is 20.3. The zero-order valence-electron chi connectivity index (χ0n) is 15.7. The molecule has 152 valence electrons. The van der Waals surface area contributed by atoms with Gasteiger partial charge in [-0.1, -0.05) is 44.2 Å². The van der Waals surface area contributed by atoms with Gasteiger partial charge in [-0.05, 0) is 17.9 Å². The second kappa shape index (κ2) is 11.7. The second-order valence-corrected chi connectivity index (χ2v) is 8.47. The van der Waals surface area contributed by atoms with Crippen LogP contribution in [0.3, 0.4) is 0 Å². The monoisotopic (exact) mass is 400 g/mol. The first-order valence-electron chi connectivity index (χ1n) is 8.75. The van der Waals surface area contributed by atoms with Gasteiger partial charge in [-0.15, -0.1) is 0 Å². The minimum Gasteiger partial charge on any atom is -0.445 e. The Morgan fingerprint density at radius 2 is 1.89 bits per heavy atom. The smallest absolute Gasteiger partial charge is 0.407 e. The Hall–Kier alpha value is -1.93. The summed E-state index contributed by atoms with van der Waals surface area (Å²) >= 11 is 0. The molecule has 0 aliphatic rings. The highest BCUT2D eigenvalue weighted by molar-refractivity contribution is 7.55. The largest absolute Gasteiger partial charge is 0.445 e. The summed E-state index contributed by atoms with van der Waals surface area (Å²) in [6, 6.07) is 8.19. The van der Waals surface area contributed by atoms with Crippen LogP contribution in [0.4, 0.5) is 4.79 Å². The number of carbonyl (C=O) groups is 2. The lowest BCUT2D eigenvalue weighted by Crippen LogP contribution is -2.46. The quantitative estimate of drug-likeness (QED) is 0.350. The van der Waals surface area contributed by atoms with Crippen molar-refractivity contribution in [3.05, 3.63) is 35.9 Å². The van der Waals surface area contributed by atoms with Crippen LogP contribution in [0.2, 0.25) is 0 Å². The first-order valence-corrected chi connectivity index (χ1v) is 10.6. The molecule has 10 heteroatoms. The van der Waals surface area contributed by atoms with Gasteiger partial charge in [-0.25, -0.2) is 9.88 Å². The average molecular weight is 400 g/mol. The number of hydrogen-bond donors (Lipinski definition) is 5. The second-order valence-electron chi connectivity index (χ2n) is 6.49. The van der Waals surface area contributed by atoms with Crippen molar-refractivity contribution in [3.63, 3.8) is 0 Å². The molecule has 2 amide bonds. The standard InChI is InChI=1S/C17H29N4O5P/c1-13(2)10-15(16(22)19-9-8-18)21-27(24,25)12-20-17(23)26-11-14-6-4-3-5-7-14/h3-7,13,15H,8-12,18H2,1-2H3,(H,19,22)(H,20,23)(H2,21,24,25)/t15-/m0/s1. The Morgan fingerprint density at radius 1 is 1.22 bits per heavy atom. The van der Waals surface area contributed by atoms with E-state index in [9.17, 15) is 19.0 Å². The number of alkyl carbamates (subject to hydrolysis) is 1. The average Bonchev–Trinajstić information content (AvgIpc) is 2.62. The van der Waals surface area contributed by atoms with Crippen molar-refractivity contribution in [2.45, 2.75) is 32.9 Å². The van der Waals surface area contributed by atoms with Crippen molar-refractivity contribution in [3.8, 4) is 0 Å². The maximum absolute atomic E-state index is 12.3. The molecular weight excluding hydrogens is 371 g/mol. The van der Waals surface area contributed by atoms with E-state index in [0.717, 1.165) is 5.56 Å². The Labute approximate surface area is 159 Å². The predicted octanol–water partition coefficient (Wildman–Crippen LogP) is 1.13. The van der Waals surface area contributed by atoms with Crippen LogP contribution in [0.25, 0.3) is 0 Å². The SMILES string of the molecule is CC(C)C[C@H](NP(=O)(O)CNC(=O)OCc1ccccc1)C(=O)NCCN. The Kier molecular flexibility index (Phi) is 10.0. The van der Waals surface area contributed by atoms with Crippen molar-refractivity contribution in [2.24, 2.45) is 11.7 Å². The van der Waals surface area contributed by atoms with E-state index in [1.54, 1.807) is 12.1 Å². The van der Waals surface area contributed by atoms with E-state index in [1.165, 1.54) is 0 Å². The molecule has 0 saturated carbocycles. The van der Waals surface area contributed by atoms with Crippen LogP contribution in [0.1, 0.15) is 25.8 Å². The van der Waals surface area contributed by atoms with Crippen molar-refractivity contribution < 1.29 is 23.8 Å². The van der Waals surface area contributed by atoms with Crippen LogP contribution < -0.4 is 21.5 Å². The molecule has 1 aromatic carbocycles. The molecule has 0 saturated heterocycles. The van der Waals surface area contributed by atoms with Crippen molar-refractivity contribution >= 4 is 19.5 Å². The lowest BCUT2D eigenvalue weighted by atomic mass is 10.0. The molecule has 0 fully saturated rings. The van der Waals surface area contributed by atoms with Crippen LogP contribution in [-0.4, -0.2) is 42.3 Å². The summed E-state index contributed by atoms with van der Waals surface area (Å²) in [4.78, 5) is 33.9. The van der Waals surface area contributed by atoms with E-state index in [1.807, 2.05) is 32.0 Å². The number of rotatable bonds is 11. The molecule has 2 atom stereocenters. The summed E-state index contributed by atoms with van der Waals surface area (Å²) in [7, 11) is -3.99. The highest BCUT2D eigenvalue weighted by Crippen LogP contribution is 2.35. The van der Waals surface area contributed by atoms with Gasteiger partial charge in [0.15, 0.2) is 0 Å². The van der Waals surface area contributed by atoms with Gasteiger partial charge in [0.2, 0.25) is 5.91 Å². The van der Waals surface area contributed by atoms with E-state index >= 15 is 0 Å². The Bertz CT molecular complexity index is 641. The summed E-state index contributed by atoms with van der Waals surface area (Å²) in [5, 5.41) is 7.29. The highest BCUT2D eigenvalue weighted by Gasteiger charge is 2.28. The van der Waals surface area contributed by atoms with Crippen LogP contribution in [0.5, 0.6) is 0 Å². The van der Waals surface area contributed by atoms with Crippen molar-refractivity contribution in [2.75, 3.05) is 19.4 Å². The van der Waals surface area contributed by atoms with Gasteiger partial charge >= 0.3 is 6.09 Å². The molecule has 9 nitrogen and oxygen atoms in total. The van der Waals surface area contributed by atoms with E-state index in [-0.39, 0.29) is 25.6 Å². The predicted molar refractivity (Wildman–Crippen MR) is 103 cm³/mol. The molecule has 27 heavy (non-hydrogen) atoms. The number of hydrogen-bond acceptors (Lipinski definition) is 5. The van der Waals surface area contributed by atoms with Gasteiger partial charge in [0.1, 0.15) is 12.9 Å². The fourth-order valence-corrected chi connectivity index (χ4v) is 3.39. The van der Waals surface area contributed by atoms with Gasteiger partial charge < -0.3 is 26.0 Å². The number of nitrogens with one attached hydrogen (secondary N) is 3. The molecule has 0 aliphatic heterocycles. The maximum Gasteiger partial charge on any atom is 0.407 e. The fraction of sp³-hybridized carbons (Fsp3) is 0.529. The van der Waals surface area contributed by atoms with Gasteiger partial charge in [0, 0.05) is 13.1 Å². The lowest BCUT2D eigenvalue weighted by molar-refractivity contribution is -0.123. The van der Waals surface area contributed by atoms with Gasteiger partial charge in [0.25, 0.3) is 7.52 Å². The molecule has 1 rings (SSSR count). The van der Waals surface area contributed by atoms with Crippen LogP contribution in [0.15, 0.2) is 30.3 Å². The maximum atomic E-state index is 12.3. The van der Waals surface area contributed by atoms with Crippen LogP contribution in [0, 0.1) is 5.92 Å². The van der Waals surface area contributed by atoms with Crippen molar-refractivity contribution in [1.29, 1.82) is 0 Å². The van der Waals surface area contributed by atoms with Gasteiger partial charge in [0.05, 0.1) is 6.04 Å². The van der Waals surface area contributed by atoms with Gasteiger partial charge in [-0.3, -0.25) is 9.36 Å². The molecule has 0 bridgehead atoms. The molecule has 6 N–H and O–H groups in total. The van der Waals surface area contributed by atoms with E-state index in [4.69, 9.17) is 10.5 Å². The molecule has 0 radical (unpaired) electrons. The Morgan fingerprint density at radius 3 is 2.48 bits per heavy atom. The minimum atomic E-state index is -3.99. The topological polar surface area (TPSA) is 143 Å². The molecule has 0 aliphatic carbocycles. The summed E-state index contributed by atoms with van der Waals surface area (Å²) in [5.41, 5.74) is 6.15. The molecule has 1 unspecified atom stereocenters.